The van der Waals surface area contributed by atoms with Crippen LogP contribution in [0.3, 0.4) is 0 Å². The Kier molecular flexibility index (Phi) is 3.77. The van der Waals surface area contributed by atoms with Crippen LogP contribution in [0, 0.1) is 11.8 Å². The molecule has 0 radical (unpaired) electrons. The predicted molar refractivity (Wildman–Crippen MR) is 89.0 cm³/mol. The van der Waals surface area contributed by atoms with Gasteiger partial charge in [0.1, 0.15) is 0 Å². The van der Waals surface area contributed by atoms with Gasteiger partial charge in [0.15, 0.2) is 0 Å². The highest BCUT2D eigenvalue weighted by molar-refractivity contribution is 5.47. The van der Waals surface area contributed by atoms with E-state index in [4.69, 9.17) is 4.74 Å². The number of rotatable bonds is 3. The Balaban J connectivity index is 1.77. The van der Waals surface area contributed by atoms with Gasteiger partial charge in [-0.25, -0.2) is 0 Å². The minimum absolute atomic E-state index is 0.0194. The van der Waals surface area contributed by atoms with Crippen molar-refractivity contribution in [1.82, 2.24) is 0 Å². The monoisotopic (exact) mass is 287 g/mol. The third kappa shape index (κ3) is 2.96. The fourth-order valence-corrected chi connectivity index (χ4v) is 4.37. The van der Waals surface area contributed by atoms with Crippen molar-refractivity contribution in [2.45, 2.75) is 57.7 Å². The standard InChI is InChI=1S/C19H29NO/c1-19(2,3)21-17-12-14-8-11-16(17)18(14)13-6-9-15(10-7-13)20(4)5/h6-7,9-10,14,16-18H,8,11-12H2,1-5H3/t14-,16+,17-,18+/m1/s1. The summed E-state index contributed by atoms with van der Waals surface area (Å²) in [5, 5.41) is 0. The zero-order valence-corrected chi connectivity index (χ0v) is 14.1. The lowest BCUT2D eigenvalue weighted by molar-refractivity contribution is -0.0823. The molecular weight excluding hydrogens is 258 g/mol. The zero-order chi connectivity index (χ0) is 15.2. The van der Waals surface area contributed by atoms with Gasteiger partial charge >= 0.3 is 0 Å². The third-order valence-corrected chi connectivity index (χ3v) is 5.15. The summed E-state index contributed by atoms with van der Waals surface area (Å²) in [6.07, 6.45) is 4.43. The van der Waals surface area contributed by atoms with E-state index >= 15 is 0 Å². The normalized spacial score (nSPS) is 31.7. The van der Waals surface area contributed by atoms with E-state index in [2.05, 4.69) is 64.0 Å². The van der Waals surface area contributed by atoms with E-state index in [1.54, 1.807) is 0 Å². The van der Waals surface area contributed by atoms with Gasteiger partial charge in [-0.15, -0.1) is 0 Å². The van der Waals surface area contributed by atoms with E-state index < -0.39 is 0 Å². The average Bonchev–Trinajstić information content (AvgIpc) is 2.94. The summed E-state index contributed by atoms with van der Waals surface area (Å²) in [7, 11) is 4.20. The number of hydrogen-bond donors (Lipinski definition) is 0. The van der Waals surface area contributed by atoms with Crippen LogP contribution >= 0.6 is 0 Å². The van der Waals surface area contributed by atoms with Crippen LogP contribution in [0.4, 0.5) is 5.69 Å². The molecule has 0 spiro atoms. The van der Waals surface area contributed by atoms with Gasteiger partial charge in [0.25, 0.3) is 0 Å². The fraction of sp³-hybridized carbons (Fsp3) is 0.684. The molecule has 2 aliphatic carbocycles. The molecule has 2 fully saturated rings. The molecule has 0 unspecified atom stereocenters. The lowest BCUT2D eigenvalue weighted by atomic mass is 9.89. The first-order valence-corrected chi connectivity index (χ1v) is 8.30. The van der Waals surface area contributed by atoms with E-state index in [9.17, 15) is 0 Å². The minimum atomic E-state index is -0.0194. The first-order chi connectivity index (χ1) is 9.85. The number of fused-ring (bicyclic) bond motifs is 2. The number of benzene rings is 1. The molecule has 0 aromatic heterocycles. The maximum absolute atomic E-state index is 6.34. The lowest BCUT2D eigenvalue weighted by Gasteiger charge is -2.30. The van der Waals surface area contributed by atoms with E-state index in [-0.39, 0.29) is 5.60 Å². The second-order valence-electron chi connectivity index (χ2n) is 8.02. The molecule has 1 aromatic rings. The Hall–Kier alpha value is -1.02. The van der Waals surface area contributed by atoms with Crippen molar-refractivity contribution in [2.24, 2.45) is 11.8 Å². The second-order valence-corrected chi connectivity index (χ2v) is 8.02. The Labute approximate surface area is 129 Å². The van der Waals surface area contributed by atoms with E-state index in [0.717, 1.165) is 11.8 Å². The molecule has 0 aliphatic heterocycles. The van der Waals surface area contributed by atoms with Gasteiger partial charge in [-0.3, -0.25) is 0 Å². The molecule has 2 nitrogen and oxygen atoms in total. The highest BCUT2D eigenvalue weighted by Gasteiger charge is 2.49. The molecule has 2 heteroatoms. The summed E-state index contributed by atoms with van der Waals surface area (Å²) < 4.78 is 6.34. The molecule has 2 saturated carbocycles. The molecule has 116 valence electrons. The van der Waals surface area contributed by atoms with E-state index in [0.29, 0.717) is 12.0 Å². The third-order valence-electron chi connectivity index (χ3n) is 5.15. The second kappa shape index (κ2) is 5.31. The Morgan fingerprint density at radius 1 is 1.05 bits per heavy atom. The Morgan fingerprint density at radius 2 is 1.71 bits per heavy atom. The van der Waals surface area contributed by atoms with Gasteiger partial charge in [0.2, 0.25) is 0 Å². The molecule has 21 heavy (non-hydrogen) atoms. The number of nitrogens with zero attached hydrogens (tertiary/aromatic N) is 1. The molecule has 4 atom stereocenters. The summed E-state index contributed by atoms with van der Waals surface area (Å²) in [5.74, 6) is 2.26. The molecule has 0 saturated heterocycles. The molecule has 2 bridgehead atoms. The van der Waals surface area contributed by atoms with Crippen molar-refractivity contribution in [3.05, 3.63) is 29.8 Å². The molecule has 0 heterocycles. The summed E-state index contributed by atoms with van der Waals surface area (Å²) in [4.78, 5) is 2.17. The summed E-state index contributed by atoms with van der Waals surface area (Å²) in [6.45, 7) is 6.54. The van der Waals surface area contributed by atoms with Crippen molar-refractivity contribution < 1.29 is 4.74 Å². The van der Waals surface area contributed by atoms with Crippen LogP contribution < -0.4 is 4.90 Å². The SMILES string of the molecule is CN(C)c1ccc([C@H]2[C@@H]3CC[C@H]2[C@H](OC(C)(C)C)C3)cc1. The molecule has 0 N–H and O–H groups in total. The van der Waals surface area contributed by atoms with Gasteiger partial charge < -0.3 is 9.64 Å². The van der Waals surface area contributed by atoms with Crippen molar-refractivity contribution in [1.29, 1.82) is 0 Å². The molecule has 1 aromatic carbocycles. The summed E-state index contributed by atoms with van der Waals surface area (Å²) in [6, 6.07) is 9.19. The largest absolute Gasteiger partial charge is 0.378 e. The smallest absolute Gasteiger partial charge is 0.0619 e. The number of ether oxygens (including phenoxy) is 1. The fourth-order valence-electron chi connectivity index (χ4n) is 4.37. The molecule has 2 aliphatic rings. The number of anilines is 1. The van der Waals surface area contributed by atoms with Crippen LogP contribution in [-0.4, -0.2) is 25.8 Å². The van der Waals surface area contributed by atoms with E-state index in [1.165, 1.54) is 30.5 Å². The summed E-state index contributed by atoms with van der Waals surface area (Å²) >= 11 is 0. The molecule has 0 amide bonds. The summed E-state index contributed by atoms with van der Waals surface area (Å²) in [5.41, 5.74) is 2.79. The number of hydrogen-bond acceptors (Lipinski definition) is 2. The quantitative estimate of drug-likeness (QED) is 0.814. The van der Waals surface area contributed by atoms with Crippen LogP contribution in [0.15, 0.2) is 24.3 Å². The van der Waals surface area contributed by atoms with Crippen molar-refractivity contribution >= 4 is 5.69 Å². The molecule has 3 rings (SSSR count). The first kappa shape index (κ1) is 14.9. The van der Waals surface area contributed by atoms with Gasteiger partial charge in [-0.05, 0) is 75.5 Å². The van der Waals surface area contributed by atoms with Crippen molar-refractivity contribution in [2.75, 3.05) is 19.0 Å². The van der Waals surface area contributed by atoms with Crippen molar-refractivity contribution in [3.8, 4) is 0 Å². The van der Waals surface area contributed by atoms with Crippen LogP contribution in [0.1, 0.15) is 51.5 Å². The van der Waals surface area contributed by atoms with Crippen LogP contribution in [0.5, 0.6) is 0 Å². The highest BCUT2D eigenvalue weighted by Crippen LogP contribution is 2.56. The van der Waals surface area contributed by atoms with Gasteiger partial charge in [-0.2, -0.15) is 0 Å². The van der Waals surface area contributed by atoms with Gasteiger partial charge in [0.05, 0.1) is 11.7 Å². The Bertz CT molecular complexity index is 485. The minimum Gasteiger partial charge on any atom is -0.378 e. The van der Waals surface area contributed by atoms with Gasteiger partial charge in [0, 0.05) is 19.8 Å². The van der Waals surface area contributed by atoms with Crippen LogP contribution in [0.25, 0.3) is 0 Å². The van der Waals surface area contributed by atoms with Gasteiger partial charge in [-0.1, -0.05) is 12.1 Å². The highest BCUT2D eigenvalue weighted by atomic mass is 16.5. The van der Waals surface area contributed by atoms with Crippen molar-refractivity contribution in [3.63, 3.8) is 0 Å². The van der Waals surface area contributed by atoms with Crippen LogP contribution in [0.2, 0.25) is 0 Å². The zero-order valence-electron chi connectivity index (χ0n) is 14.1. The predicted octanol–water partition coefficient (Wildman–Crippen LogP) is 4.45. The lowest BCUT2D eigenvalue weighted by Crippen LogP contribution is -2.31. The maximum Gasteiger partial charge on any atom is 0.0619 e. The molecular formula is C19H29NO. The maximum atomic E-state index is 6.34. The van der Waals surface area contributed by atoms with E-state index in [1.807, 2.05) is 0 Å². The Morgan fingerprint density at radius 3 is 2.29 bits per heavy atom. The topological polar surface area (TPSA) is 12.5 Å². The van der Waals surface area contributed by atoms with Crippen LogP contribution in [-0.2, 0) is 4.74 Å². The average molecular weight is 287 g/mol. The first-order valence-electron chi connectivity index (χ1n) is 8.30.